The molecule has 0 bridgehead atoms. The van der Waals surface area contributed by atoms with Gasteiger partial charge in [0.1, 0.15) is 6.04 Å². The van der Waals surface area contributed by atoms with Gasteiger partial charge in [-0.3, -0.25) is 24.5 Å². The van der Waals surface area contributed by atoms with Crippen molar-refractivity contribution in [2.24, 2.45) is 0 Å². The van der Waals surface area contributed by atoms with Gasteiger partial charge in [0.15, 0.2) is 0 Å². The van der Waals surface area contributed by atoms with E-state index in [1.54, 1.807) is 6.07 Å². The lowest BCUT2D eigenvalue weighted by Crippen LogP contribution is -2.54. The van der Waals surface area contributed by atoms with Crippen LogP contribution < -0.4 is 5.48 Å². The van der Waals surface area contributed by atoms with Gasteiger partial charge >= 0.3 is 0 Å². The molecule has 7 nitrogen and oxygen atoms in total. The molecule has 0 aromatic heterocycles. The summed E-state index contributed by atoms with van der Waals surface area (Å²) in [5.41, 5.74) is 1.64. The molecular weight excluding hydrogens is 332 g/mol. The van der Waals surface area contributed by atoms with Crippen LogP contribution in [0.4, 0.5) is 0 Å². The summed E-state index contributed by atoms with van der Waals surface area (Å²) in [6.07, 6.45) is -1.33. The molecule has 1 aromatic carbocycles. The number of hydroxylamine groups is 1. The number of halogens is 1. The van der Waals surface area contributed by atoms with Crippen molar-refractivity contribution in [1.82, 2.24) is 10.4 Å². The summed E-state index contributed by atoms with van der Waals surface area (Å²) in [5, 5.41) is 18.3. The molecule has 0 spiro atoms. The van der Waals surface area contributed by atoms with Crippen LogP contribution in [0.5, 0.6) is 0 Å². The maximum absolute atomic E-state index is 12.2. The topological polar surface area (TPSA) is 107 Å². The van der Waals surface area contributed by atoms with Gasteiger partial charge < -0.3 is 5.11 Å². The Morgan fingerprint density at radius 2 is 1.90 bits per heavy atom. The smallest absolute Gasteiger partial charge is 0.269 e. The third-order valence-corrected chi connectivity index (χ3v) is 3.49. The minimum Gasteiger partial charge on any atom is -0.391 e. The molecule has 0 unspecified atom stereocenters. The van der Waals surface area contributed by atoms with E-state index in [1.807, 2.05) is 0 Å². The average Bonchev–Trinajstić information content (AvgIpc) is 2.63. The fraction of sp³-hybridized carbons (Fsp3) is 0.250. The third-order valence-electron chi connectivity index (χ3n) is 2.99. The Morgan fingerprint density at radius 1 is 1.30 bits per heavy atom. The first-order valence-corrected chi connectivity index (χ1v) is 6.47. The molecule has 0 radical (unpaired) electrons. The van der Waals surface area contributed by atoms with Crippen molar-refractivity contribution >= 4 is 33.7 Å². The van der Waals surface area contributed by atoms with Crippen LogP contribution >= 0.6 is 15.9 Å². The molecule has 1 heterocycles. The summed E-state index contributed by atoms with van der Waals surface area (Å²) in [7, 11) is 0. The molecule has 1 aliphatic rings. The van der Waals surface area contributed by atoms with Gasteiger partial charge in [0.25, 0.3) is 17.7 Å². The zero-order valence-corrected chi connectivity index (χ0v) is 11.9. The molecule has 2 atom stereocenters. The summed E-state index contributed by atoms with van der Waals surface area (Å²) >= 11 is 3.19. The van der Waals surface area contributed by atoms with Crippen molar-refractivity contribution in [3.63, 3.8) is 0 Å². The fourth-order valence-electron chi connectivity index (χ4n) is 2.10. The molecule has 2 rings (SSSR count). The highest BCUT2D eigenvalue weighted by atomic mass is 79.9. The Balaban J connectivity index is 2.48. The maximum Gasteiger partial charge on any atom is 0.269 e. The summed E-state index contributed by atoms with van der Waals surface area (Å²) in [5.74, 6) is -2.42. The first kappa shape index (κ1) is 14.6. The van der Waals surface area contributed by atoms with E-state index in [0.29, 0.717) is 9.37 Å². The number of imide groups is 1. The minimum atomic E-state index is -1.49. The van der Waals surface area contributed by atoms with E-state index in [9.17, 15) is 19.5 Å². The molecular formula is C12H11BrN2O5. The molecule has 3 N–H and O–H groups in total. The highest BCUT2D eigenvalue weighted by Gasteiger charge is 2.44. The molecule has 0 saturated carbocycles. The number of benzene rings is 1. The van der Waals surface area contributed by atoms with Crippen LogP contribution in [0, 0.1) is 0 Å². The van der Waals surface area contributed by atoms with E-state index in [4.69, 9.17) is 5.21 Å². The van der Waals surface area contributed by atoms with Gasteiger partial charge in [0.2, 0.25) is 0 Å². The van der Waals surface area contributed by atoms with Gasteiger partial charge in [0.05, 0.1) is 17.2 Å². The van der Waals surface area contributed by atoms with Crippen molar-refractivity contribution in [1.29, 1.82) is 0 Å². The minimum absolute atomic E-state index is 0.140. The number of nitrogens with one attached hydrogen (secondary N) is 1. The van der Waals surface area contributed by atoms with Crippen LogP contribution in [-0.2, 0) is 4.79 Å². The summed E-state index contributed by atoms with van der Waals surface area (Å²) in [6, 6.07) is 3.02. The van der Waals surface area contributed by atoms with Gasteiger partial charge in [-0.15, -0.1) is 0 Å². The van der Waals surface area contributed by atoms with E-state index in [1.165, 1.54) is 24.5 Å². The monoisotopic (exact) mass is 342 g/mol. The number of rotatable bonds is 3. The van der Waals surface area contributed by atoms with Crippen LogP contribution in [0.1, 0.15) is 27.6 Å². The van der Waals surface area contributed by atoms with Crippen molar-refractivity contribution < 1.29 is 24.7 Å². The zero-order valence-electron chi connectivity index (χ0n) is 10.3. The van der Waals surface area contributed by atoms with Crippen LogP contribution in [0.3, 0.4) is 0 Å². The predicted molar refractivity (Wildman–Crippen MR) is 70.0 cm³/mol. The molecule has 1 aliphatic heterocycles. The number of hydrogen-bond donors (Lipinski definition) is 3. The fourth-order valence-corrected chi connectivity index (χ4v) is 2.46. The SMILES string of the molecule is C[C@@H](O)[C@@H](C(=O)NO)N1C(=O)c2ccc(Br)cc2C1=O. The number of nitrogens with zero attached hydrogens (tertiary/aromatic N) is 1. The first-order chi connectivity index (χ1) is 9.38. The first-order valence-electron chi connectivity index (χ1n) is 5.68. The van der Waals surface area contributed by atoms with E-state index >= 15 is 0 Å². The second-order valence-corrected chi connectivity index (χ2v) is 5.25. The molecule has 106 valence electrons. The Labute approximate surface area is 122 Å². The summed E-state index contributed by atoms with van der Waals surface area (Å²) < 4.78 is 0.611. The van der Waals surface area contributed by atoms with Crippen LogP contribution in [0.25, 0.3) is 0 Å². The zero-order chi connectivity index (χ0) is 15.0. The molecule has 0 aliphatic carbocycles. The Kier molecular flexibility index (Phi) is 3.89. The molecule has 3 amide bonds. The quantitative estimate of drug-likeness (QED) is 0.416. The average molecular weight is 343 g/mol. The second-order valence-electron chi connectivity index (χ2n) is 4.33. The van der Waals surface area contributed by atoms with Crippen molar-refractivity contribution in [2.45, 2.75) is 19.1 Å². The number of amides is 3. The third kappa shape index (κ3) is 2.21. The van der Waals surface area contributed by atoms with Crippen LogP contribution in [-0.4, -0.2) is 45.1 Å². The maximum atomic E-state index is 12.2. The summed E-state index contributed by atoms with van der Waals surface area (Å²) in [6.45, 7) is 1.25. The van der Waals surface area contributed by atoms with Gasteiger partial charge in [-0.1, -0.05) is 15.9 Å². The number of hydrogen-bond acceptors (Lipinski definition) is 5. The van der Waals surface area contributed by atoms with E-state index in [-0.39, 0.29) is 11.1 Å². The standard InChI is InChI=1S/C12H11BrN2O5/c1-5(16)9(10(17)14-20)15-11(18)7-3-2-6(13)4-8(7)12(15)19/h2-5,9,16,20H,1H3,(H,14,17)/t5-,9+/m1/s1. The number of aliphatic hydroxyl groups is 1. The van der Waals surface area contributed by atoms with Gasteiger partial charge in [-0.2, -0.15) is 0 Å². The number of carbonyl (C=O) groups is 3. The lowest BCUT2D eigenvalue weighted by atomic mass is 10.1. The largest absolute Gasteiger partial charge is 0.391 e. The Bertz CT molecular complexity index is 602. The number of carbonyl (C=O) groups excluding carboxylic acids is 3. The van der Waals surface area contributed by atoms with Crippen molar-refractivity contribution in [3.05, 3.63) is 33.8 Å². The predicted octanol–water partition coefficient (Wildman–Crippen LogP) is 0.300. The highest BCUT2D eigenvalue weighted by Crippen LogP contribution is 2.28. The molecule has 0 saturated heterocycles. The van der Waals surface area contributed by atoms with E-state index in [0.717, 1.165) is 0 Å². The van der Waals surface area contributed by atoms with E-state index in [2.05, 4.69) is 15.9 Å². The Morgan fingerprint density at radius 3 is 2.45 bits per heavy atom. The normalized spacial score (nSPS) is 16.9. The van der Waals surface area contributed by atoms with Crippen LogP contribution in [0.2, 0.25) is 0 Å². The lowest BCUT2D eigenvalue weighted by Gasteiger charge is -2.26. The number of fused-ring (bicyclic) bond motifs is 1. The molecule has 0 fully saturated rings. The lowest BCUT2D eigenvalue weighted by molar-refractivity contribution is -0.136. The molecule has 20 heavy (non-hydrogen) atoms. The van der Waals surface area contributed by atoms with Crippen molar-refractivity contribution in [3.8, 4) is 0 Å². The van der Waals surface area contributed by atoms with E-state index < -0.39 is 29.9 Å². The van der Waals surface area contributed by atoms with Gasteiger partial charge in [-0.25, -0.2) is 5.48 Å². The second kappa shape index (κ2) is 5.31. The van der Waals surface area contributed by atoms with Gasteiger partial charge in [0, 0.05) is 4.47 Å². The summed E-state index contributed by atoms with van der Waals surface area (Å²) in [4.78, 5) is 36.7. The van der Waals surface area contributed by atoms with Crippen LogP contribution in [0.15, 0.2) is 22.7 Å². The van der Waals surface area contributed by atoms with Gasteiger partial charge in [-0.05, 0) is 25.1 Å². The number of aliphatic hydroxyl groups excluding tert-OH is 1. The van der Waals surface area contributed by atoms with Crippen molar-refractivity contribution in [2.75, 3.05) is 0 Å². The molecule has 1 aromatic rings. The Hall–Kier alpha value is -1.77. The molecule has 8 heteroatoms. The highest BCUT2D eigenvalue weighted by molar-refractivity contribution is 9.10.